The predicted octanol–water partition coefficient (Wildman–Crippen LogP) is 2.59. The van der Waals surface area contributed by atoms with Gasteiger partial charge in [0.1, 0.15) is 0 Å². The molecule has 2 rings (SSSR count). The van der Waals surface area contributed by atoms with Gasteiger partial charge in [-0.3, -0.25) is 10.2 Å². The van der Waals surface area contributed by atoms with Crippen LogP contribution in [0.3, 0.4) is 0 Å². The van der Waals surface area contributed by atoms with Crippen LogP contribution in [0.15, 0.2) is 48.5 Å². The minimum atomic E-state index is -0.409. The zero-order valence-corrected chi connectivity index (χ0v) is 11.6. The van der Waals surface area contributed by atoms with Gasteiger partial charge in [0, 0.05) is 22.0 Å². The lowest BCUT2D eigenvalue weighted by molar-refractivity contribution is 0.0953. The van der Waals surface area contributed by atoms with Crippen LogP contribution in [0, 0.1) is 0 Å². The molecule has 2 aromatic carbocycles. The number of anilines is 2. The van der Waals surface area contributed by atoms with Crippen LogP contribution in [0.4, 0.5) is 16.2 Å². The fraction of sp³-hybridized carbons (Fsp3) is 0. The van der Waals surface area contributed by atoms with Gasteiger partial charge in [-0.05, 0) is 42.5 Å². The Morgan fingerprint density at radius 2 is 1.62 bits per heavy atom. The van der Waals surface area contributed by atoms with Gasteiger partial charge in [0.25, 0.3) is 5.91 Å². The fourth-order valence-corrected chi connectivity index (χ4v) is 1.84. The largest absolute Gasteiger partial charge is 0.323 e. The van der Waals surface area contributed by atoms with Crippen LogP contribution in [0.25, 0.3) is 0 Å². The van der Waals surface area contributed by atoms with Crippen molar-refractivity contribution in [2.45, 2.75) is 0 Å². The molecule has 6 nitrogen and oxygen atoms in total. The Bertz CT molecular complexity index is 658. The maximum atomic E-state index is 11.8. The molecule has 108 valence electrons. The molecule has 0 aromatic heterocycles. The van der Waals surface area contributed by atoms with Crippen LogP contribution in [0.1, 0.15) is 10.4 Å². The van der Waals surface area contributed by atoms with Gasteiger partial charge in [-0.2, -0.15) is 0 Å². The topological polar surface area (TPSA) is 96.2 Å². The van der Waals surface area contributed by atoms with Crippen molar-refractivity contribution >= 4 is 34.9 Å². The molecule has 0 aliphatic heterocycles. The zero-order valence-electron chi connectivity index (χ0n) is 10.9. The first-order chi connectivity index (χ1) is 10.1. The van der Waals surface area contributed by atoms with Gasteiger partial charge < -0.3 is 10.6 Å². The molecular formula is C14H13ClN4O2. The second-order valence-electron chi connectivity index (χ2n) is 4.14. The van der Waals surface area contributed by atoms with Crippen molar-refractivity contribution in [1.82, 2.24) is 5.43 Å². The van der Waals surface area contributed by atoms with Crippen LogP contribution in [-0.4, -0.2) is 11.9 Å². The van der Waals surface area contributed by atoms with Gasteiger partial charge in [-0.1, -0.05) is 17.7 Å². The number of hydrogen-bond donors (Lipinski definition) is 4. The Kier molecular flexibility index (Phi) is 4.76. The van der Waals surface area contributed by atoms with Crippen LogP contribution in [-0.2, 0) is 0 Å². The molecular weight excluding hydrogens is 292 g/mol. The molecule has 0 fully saturated rings. The predicted molar refractivity (Wildman–Crippen MR) is 82.2 cm³/mol. The van der Waals surface area contributed by atoms with Crippen LogP contribution in [0.2, 0.25) is 5.02 Å². The monoisotopic (exact) mass is 304 g/mol. The second kappa shape index (κ2) is 6.74. The molecule has 0 heterocycles. The van der Waals surface area contributed by atoms with E-state index in [1.54, 1.807) is 48.5 Å². The van der Waals surface area contributed by atoms with E-state index >= 15 is 0 Å². The number of carbonyl (C=O) groups is 2. The summed E-state index contributed by atoms with van der Waals surface area (Å²) in [6.45, 7) is 0. The average Bonchev–Trinajstić information content (AvgIpc) is 2.47. The highest BCUT2D eigenvalue weighted by molar-refractivity contribution is 6.30. The summed E-state index contributed by atoms with van der Waals surface area (Å²) in [6, 6.07) is 12.7. The lowest BCUT2D eigenvalue weighted by Crippen LogP contribution is -2.29. The molecule has 2 aromatic rings. The van der Waals surface area contributed by atoms with Crippen molar-refractivity contribution in [3.05, 3.63) is 59.1 Å². The summed E-state index contributed by atoms with van der Waals surface area (Å²) >= 11 is 5.83. The quantitative estimate of drug-likeness (QED) is 0.398. The smallest absolute Gasteiger partial charge is 0.308 e. The van der Waals surface area contributed by atoms with Gasteiger partial charge in [0.05, 0.1) is 0 Å². The van der Waals surface area contributed by atoms with Gasteiger partial charge in [0.15, 0.2) is 0 Å². The highest BCUT2D eigenvalue weighted by atomic mass is 35.5. The Morgan fingerprint density at radius 3 is 2.24 bits per heavy atom. The number of carbonyl (C=O) groups excluding carboxylic acids is 2. The SMILES string of the molecule is NNC(=O)c1ccc(NC(=O)Nc2cccc(Cl)c2)cc1. The number of hydrazine groups is 1. The molecule has 0 spiro atoms. The number of nitrogen functional groups attached to an aromatic ring is 1. The molecule has 21 heavy (non-hydrogen) atoms. The summed E-state index contributed by atoms with van der Waals surface area (Å²) in [5, 5.41) is 5.82. The summed E-state index contributed by atoms with van der Waals surface area (Å²) in [7, 11) is 0. The van der Waals surface area contributed by atoms with E-state index in [0.29, 0.717) is 22.0 Å². The van der Waals surface area contributed by atoms with Crippen molar-refractivity contribution in [1.29, 1.82) is 0 Å². The van der Waals surface area contributed by atoms with Crippen LogP contribution >= 0.6 is 11.6 Å². The first-order valence-corrected chi connectivity index (χ1v) is 6.41. The normalized spacial score (nSPS) is 9.81. The van der Waals surface area contributed by atoms with Crippen molar-refractivity contribution in [2.75, 3.05) is 10.6 Å². The molecule has 0 aliphatic rings. The standard InChI is InChI=1S/C14H13ClN4O2/c15-10-2-1-3-12(8-10)18-14(21)17-11-6-4-9(5-7-11)13(20)19-16/h1-8H,16H2,(H,19,20)(H2,17,18,21). The molecule has 5 N–H and O–H groups in total. The number of hydrogen-bond acceptors (Lipinski definition) is 3. The van der Waals surface area contributed by atoms with E-state index in [0.717, 1.165) is 0 Å². The Labute approximate surface area is 126 Å². The summed E-state index contributed by atoms with van der Waals surface area (Å²) in [4.78, 5) is 23.1. The molecule has 0 bridgehead atoms. The minimum Gasteiger partial charge on any atom is -0.308 e. The van der Waals surface area contributed by atoms with Gasteiger partial charge in [-0.25, -0.2) is 10.6 Å². The zero-order chi connectivity index (χ0) is 15.2. The van der Waals surface area contributed by atoms with E-state index in [9.17, 15) is 9.59 Å². The summed E-state index contributed by atoms with van der Waals surface area (Å²) in [6.07, 6.45) is 0. The molecule has 3 amide bonds. The Morgan fingerprint density at radius 1 is 0.952 bits per heavy atom. The van der Waals surface area contributed by atoms with E-state index in [4.69, 9.17) is 17.4 Å². The highest BCUT2D eigenvalue weighted by Gasteiger charge is 2.05. The number of halogens is 1. The van der Waals surface area contributed by atoms with Gasteiger partial charge in [-0.15, -0.1) is 0 Å². The number of urea groups is 1. The third-order valence-electron chi connectivity index (χ3n) is 2.62. The molecule has 0 radical (unpaired) electrons. The molecule has 0 unspecified atom stereocenters. The lowest BCUT2D eigenvalue weighted by atomic mass is 10.2. The summed E-state index contributed by atoms with van der Waals surface area (Å²) in [5.74, 6) is 4.63. The average molecular weight is 305 g/mol. The maximum absolute atomic E-state index is 11.8. The van der Waals surface area contributed by atoms with Crippen LogP contribution < -0.4 is 21.9 Å². The van der Waals surface area contributed by atoms with E-state index in [1.807, 2.05) is 5.43 Å². The summed E-state index contributed by atoms with van der Waals surface area (Å²) in [5.41, 5.74) is 3.56. The summed E-state index contributed by atoms with van der Waals surface area (Å²) < 4.78 is 0. The van der Waals surface area contributed by atoms with E-state index in [2.05, 4.69) is 10.6 Å². The van der Waals surface area contributed by atoms with E-state index in [1.165, 1.54) is 0 Å². The fourth-order valence-electron chi connectivity index (χ4n) is 1.65. The van der Waals surface area contributed by atoms with Crippen molar-refractivity contribution < 1.29 is 9.59 Å². The minimum absolute atomic E-state index is 0.398. The highest BCUT2D eigenvalue weighted by Crippen LogP contribution is 2.15. The number of nitrogens with two attached hydrogens (primary N) is 1. The third kappa shape index (κ3) is 4.20. The van der Waals surface area contributed by atoms with Crippen molar-refractivity contribution in [3.63, 3.8) is 0 Å². The molecule has 0 saturated carbocycles. The number of nitrogens with one attached hydrogen (secondary N) is 3. The number of rotatable bonds is 3. The molecule has 7 heteroatoms. The van der Waals surface area contributed by atoms with Gasteiger partial charge >= 0.3 is 6.03 Å². The third-order valence-corrected chi connectivity index (χ3v) is 2.85. The number of amides is 3. The van der Waals surface area contributed by atoms with Gasteiger partial charge in [0.2, 0.25) is 0 Å². The molecule has 0 atom stereocenters. The Balaban J connectivity index is 1.98. The number of benzene rings is 2. The Hall–Kier alpha value is -2.57. The first-order valence-electron chi connectivity index (χ1n) is 6.03. The molecule has 0 aliphatic carbocycles. The second-order valence-corrected chi connectivity index (χ2v) is 4.58. The first kappa shape index (κ1) is 14.8. The van der Waals surface area contributed by atoms with Crippen molar-refractivity contribution in [3.8, 4) is 0 Å². The molecule has 0 saturated heterocycles. The van der Waals surface area contributed by atoms with Crippen molar-refractivity contribution in [2.24, 2.45) is 5.84 Å². The maximum Gasteiger partial charge on any atom is 0.323 e. The lowest BCUT2D eigenvalue weighted by Gasteiger charge is -2.08. The van der Waals surface area contributed by atoms with E-state index < -0.39 is 11.9 Å². The van der Waals surface area contributed by atoms with E-state index in [-0.39, 0.29) is 0 Å². The van der Waals surface area contributed by atoms with Crippen LogP contribution in [0.5, 0.6) is 0 Å².